The van der Waals surface area contributed by atoms with Crippen LogP contribution in [0.5, 0.6) is 0 Å². The number of allylic oxidation sites excluding steroid dienone is 2. The third-order valence-electron chi connectivity index (χ3n) is 2.91. The van der Waals surface area contributed by atoms with Crippen molar-refractivity contribution in [3.8, 4) is 0 Å². The van der Waals surface area contributed by atoms with E-state index >= 15 is 0 Å². The summed E-state index contributed by atoms with van der Waals surface area (Å²) < 4.78 is 4.91. The van der Waals surface area contributed by atoms with Gasteiger partial charge >= 0.3 is 0 Å². The Kier molecular flexibility index (Phi) is 4.10. The van der Waals surface area contributed by atoms with E-state index in [0.717, 1.165) is 31.3 Å². The fourth-order valence-corrected chi connectivity index (χ4v) is 1.99. The Morgan fingerprint density at radius 1 is 1.50 bits per heavy atom. The van der Waals surface area contributed by atoms with Gasteiger partial charge in [0.15, 0.2) is 5.82 Å². The molecule has 0 saturated heterocycles. The van der Waals surface area contributed by atoms with E-state index in [1.54, 1.807) is 0 Å². The van der Waals surface area contributed by atoms with E-state index in [-0.39, 0.29) is 0 Å². The van der Waals surface area contributed by atoms with Crippen LogP contribution in [0.1, 0.15) is 31.0 Å². The second-order valence-corrected chi connectivity index (χ2v) is 4.33. The van der Waals surface area contributed by atoms with Crippen LogP contribution < -0.4 is 5.32 Å². The lowest BCUT2D eigenvalue weighted by Crippen LogP contribution is -2.25. The van der Waals surface area contributed by atoms with Crippen molar-refractivity contribution < 1.29 is 4.52 Å². The van der Waals surface area contributed by atoms with Gasteiger partial charge in [-0.15, -0.1) is 0 Å². The molecular formula is C12H19N3O. The highest BCUT2D eigenvalue weighted by molar-refractivity contribution is 4.91. The van der Waals surface area contributed by atoms with Gasteiger partial charge in [0.2, 0.25) is 5.89 Å². The lowest BCUT2D eigenvalue weighted by Gasteiger charge is -2.17. The van der Waals surface area contributed by atoms with Gasteiger partial charge in [-0.1, -0.05) is 17.3 Å². The van der Waals surface area contributed by atoms with Crippen LogP contribution in [0.4, 0.5) is 0 Å². The molecule has 1 aliphatic rings. The van der Waals surface area contributed by atoms with Gasteiger partial charge in [-0.05, 0) is 31.7 Å². The van der Waals surface area contributed by atoms with Gasteiger partial charge in [0.25, 0.3) is 0 Å². The zero-order valence-corrected chi connectivity index (χ0v) is 9.78. The molecule has 0 fully saturated rings. The first-order chi connectivity index (χ1) is 7.84. The van der Waals surface area contributed by atoms with Gasteiger partial charge in [-0.25, -0.2) is 0 Å². The van der Waals surface area contributed by atoms with Crippen LogP contribution in [-0.4, -0.2) is 23.2 Å². The van der Waals surface area contributed by atoms with Crippen LogP contribution >= 0.6 is 0 Å². The fourth-order valence-electron chi connectivity index (χ4n) is 1.99. The van der Waals surface area contributed by atoms with Crippen LogP contribution in [0, 0.1) is 12.8 Å². The Morgan fingerprint density at radius 3 is 3.12 bits per heavy atom. The van der Waals surface area contributed by atoms with E-state index in [1.165, 1.54) is 19.3 Å². The molecule has 1 N–H and O–H groups in total. The van der Waals surface area contributed by atoms with Crippen LogP contribution in [0.25, 0.3) is 0 Å². The topological polar surface area (TPSA) is 51.0 Å². The maximum absolute atomic E-state index is 4.91. The van der Waals surface area contributed by atoms with Crippen molar-refractivity contribution in [3.63, 3.8) is 0 Å². The predicted molar refractivity (Wildman–Crippen MR) is 62.1 cm³/mol. The van der Waals surface area contributed by atoms with Crippen molar-refractivity contribution in [1.82, 2.24) is 15.5 Å². The summed E-state index contributed by atoms with van der Waals surface area (Å²) in [6.45, 7) is 3.85. The van der Waals surface area contributed by atoms with Gasteiger partial charge in [0, 0.05) is 19.9 Å². The molecule has 0 bridgehead atoms. The predicted octanol–water partition coefficient (Wildman–Crippen LogP) is 1.87. The molecule has 1 aromatic heterocycles. The largest absolute Gasteiger partial charge is 0.340 e. The van der Waals surface area contributed by atoms with Crippen LogP contribution in [0.2, 0.25) is 0 Å². The monoisotopic (exact) mass is 221 g/mol. The molecule has 16 heavy (non-hydrogen) atoms. The molecular weight excluding hydrogens is 202 g/mol. The van der Waals surface area contributed by atoms with Crippen molar-refractivity contribution in [2.45, 2.75) is 32.6 Å². The maximum atomic E-state index is 4.91. The van der Waals surface area contributed by atoms with Crippen LogP contribution in [0.3, 0.4) is 0 Å². The van der Waals surface area contributed by atoms with Crippen LogP contribution in [0.15, 0.2) is 16.7 Å². The summed E-state index contributed by atoms with van der Waals surface area (Å²) in [6, 6.07) is 0. The summed E-state index contributed by atoms with van der Waals surface area (Å²) in [5.74, 6) is 2.25. The second-order valence-electron chi connectivity index (χ2n) is 4.33. The number of nitrogens with one attached hydrogen (secondary N) is 1. The minimum Gasteiger partial charge on any atom is -0.340 e. The smallest absolute Gasteiger partial charge is 0.223 e. The molecule has 0 radical (unpaired) electrons. The zero-order chi connectivity index (χ0) is 11.2. The third kappa shape index (κ3) is 3.45. The minimum atomic E-state index is 0.646. The molecule has 0 saturated carbocycles. The molecule has 0 amide bonds. The number of aryl methyl sites for hydroxylation is 1. The first-order valence-corrected chi connectivity index (χ1v) is 5.99. The number of aromatic nitrogens is 2. The molecule has 1 heterocycles. The Labute approximate surface area is 96.1 Å². The Hall–Kier alpha value is -1.16. The highest BCUT2D eigenvalue weighted by Gasteiger charge is 2.09. The Morgan fingerprint density at radius 2 is 2.44 bits per heavy atom. The quantitative estimate of drug-likeness (QED) is 0.609. The van der Waals surface area contributed by atoms with Crippen molar-refractivity contribution in [2.24, 2.45) is 5.92 Å². The normalized spacial score (nSPS) is 20.2. The summed E-state index contributed by atoms with van der Waals surface area (Å²) in [6.07, 6.45) is 9.17. The molecule has 0 aromatic carbocycles. The molecule has 1 aromatic rings. The summed E-state index contributed by atoms with van der Waals surface area (Å²) >= 11 is 0. The third-order valence-corrected chi connectivity index (χ3v) is 2.91. The summed E-state index contributed by atoms with van der Waals surface area (Å²) in [5, 5.41) is 7.32. The first kappa shape index (κ1) is 11.3. The first-order valence-electron chi connectivity index (χ1n) is 5.99. The number of rotatable bonds is 5. The molecule has 1 unspecified atom stereocenters. The Bertz CT molecular complexity index is 346. The highest BCUT2D eigenvalue weighted by atomic mass is 16.5. The van der Waals surface area contributed by atoms with Gasteiger partial charge in [-0.3, -0.25) is 0 Å². The number of hydrogen-bond donors (Lipinski definition) is 1. The zero-order valence-electron chi connectivity index (χ0n) is 9.78. The SMILES string of the molecule is Cc1nc(CCNCC2CC=CCC2)no1. The van der Waals surface area contributed by atoms with E-state index in [0.29, 0.717) is 5.89 Å². The van der Waals surface area contributed by atoms with Gasteiger partial charge in [0.1, 0.15) is 0 Å². The van der Waals surface area contributed by atoms with E-state index in [1.807, 2.05) is 6.92 Å². The van der Waals surface area contributed by atoms with E-state index in [4.69, 9.17) is 4.52 Å². The van der Waals surface area contributed by atoms with Crippen LogP contribution in [-0.2, 0) is 6.42 Å². The maximum Gasteiger partial charge on any atom is 0.223 e. The van der Waals surface area contributed by atoms with Gasteiger partial charge in [0.05, 0.1) is 0 Å². The van der Waals surface area contributed by atoms with E-state index in [9.17, 15) is 0 Å². The van der Waals surface area contributed by atoms with Crippen molar-refractivity contribution >= 4 is 0 Å². The molecule has 1 atom stereocenters. The van der Waals surface area contributed by atoms with E-state index in [2.05, 4.69) is 27.6 Å². The number of hydrogen-bond acceptors (Lipinski definition) is 4. The second kappa shape index (κ2) is 5.80. The van der Waals surface area contributed by atoms with Gasteiger partial charge < -0.3 is 9.84 Å². The highest BCUT2D eigenvalue weighted by Crippen LogP contribution is 2.16. The summed E-state index contributed by atoms with van der Waals surface area (Å²) in [4.78, 5) is 4.17. The lowest BCUT2D eigenvalue weighted by molar-refractivity contribution is 0.386. The van der Waals surface area contributed by atoms with E-state index < -0.39 is 0 Å². The average Bonchev–Trinajstić information content (AvgIpc) is 2.72. The molecule has 88 valence electrons. The van der Waals surface area contributed by atoms with Crippen molar-refractivity contribution in [3.05, 3.63) is 23.9 Å². The molecule has 4 heteroatoms. The molecule has 0 aliphatic heterocycles. The number of nitrogens with zero attached hydrogens (tertiary/aromatic N) is 2. The summed E-state index contributed by atoms with van der Waals surface area (Å²) in [5.41, 5.74) is 0. The fraction of sp³-hybridized carbons (Fsp3) is 0.667. The van der Waals surface area contributed by atoms with Crippen molar-refractivity contribution in [2.75, 3.05) is 13.1 Å². The standard InChI is InChI=1S/C12H19N3O/c1-10-14-12(15-16-10)7-8-13-9-11-5-3-2-4-6-11/h2-3,11,13H,4-9H2,1H3. The van der Waals surface area contributed by atoms with Gasteiger partial charge in [-0.2, -0.15) is 4.98 Å². The van der Waals surface area contributed by atoms with Crippen molar-refractivity contribution in [1.29, 1.82) is 0 Å². The molecule has 4 nitrogen and oxygen atoms in total. The minimum absolute atomic E-state index is 0.646. The average molecular weight is 221 g/mol. The summed E-state index contributed by atoms with van der Waals surface area (Å²) in [7, 11) is 0. The Balaban J connectivity index is 1.59. The molecule has 1 aliphatic carbocycles. The molecule has 2 rings (SSSR count). The lowest BCUT2D eigenvalue weighted by atomic mass is 9.94. The molecule has 0 spiro atoms.